The highest BCUT2D eigenvalue weighted by Gasteiger charge is 2.44. The molecular weight excluding hydrogens is 417 g/mol. The van der Waals surface area contributed by atoms with E-state index in [1.165, 1.54) is 24.2 Å². The lowest BCUT2D eigenvalue weighted by Gasteiger charge is -2.34. The zero-order valence-corrected chi connectivity index (χ0v) is 18.6. The van der Waals surface area contributed by atoms with Gasteiger partial charge in [-0.25, -0.2) is 8.42 Å². The van der Waals surface area contributed by atoms with Gasteiger partial charge in [0, 0.05) is 25.2 Å². The molecule has 0 heterocycles. The second-order valence-corrected chi connectivity index (χ2v) is 10.7. The van der Waals surface area contributed by atoms with Crippen LogP contribution in [0.2, 0.25) is 0 Å². The van der Waals surface area contributed by atoms with Crippen LogP contribution in [0.3, 0.4) is 0 Å². The van der Waals surface area contributed by atoms with E-state index in [2.05, 4.69) is 19.0 Å². The molecule has 170 valence electrons. The summed E-state index contributed by atoms with van der Waals surface area (Å²) in [6, 6.07) is 3.51. The van der Waals surface area contributed by atoms with Crippen LogP contribution in [0.5, 0.6) is 0 Å². The normalized spacial score (nSPS) is 24.4. The van der Waals surface area contributed by atoms with E-state index in [-0.39, 0.29) is 17.0 Å². The van der Waals surface area contributed by atoms with E-state index in [4.69, 9.17) is 4.74 Å². The van der Waals surface area contributed by atoms with Gasteiger partial charge in [0.15, 0.2) is 0 Å². The van der Waals surface area contributed by atoms with Gasteiger partial charge < -0.3 is 9.64 Å². The first-order chi connectivity index (χ1) is 14.0. The van der Waals surface area contributed by atoms with Gasteiger partial charge in [-0.1, -0.05) is 0 Å². The Balaban J connectivity index is 1.51. The molecule has 0 saturated heterocycles. The number of rotatable bonds is 8. The number of halogens is 3. The van der Waals surface area contributed by atoms with E-state index in [9.17, 15) is 21.6 Å². The van der Waals surface area contributed by atoms with Gasteiger partial charge in [-0.2, -0.15) is 17.5 Å². The molecule has 0 atom stereocenters. The van der Waals surface area contributed by atoms with Crippen LogP contribution in [0.15, 0.2) is 29.2 Å². The lowest BCUT2D eigenvalue weighted by Crippen LogP contribution is -2.41. The van der Waals surface area contributed by atoms with Crippen molar-refractivity contribution >= 4 is 10.0 Å². The molecule has 0 amide bonds. The summed E-state index contributed by atoms with van der Waals surface area (Å²) < 4.78 is 71.2. The van der Waals surface area contributed by atoms with Crippen LogP contribution < -0.4 is 0 Å². The molecule has 0 N–H and O–H groups in total. The number of hydrogen-bond donors (Lipinski definition) is 0. The molecule has 1 aromatic rings. The Morgan fingerprint density at radius 1 is 1.03 bits per heavy atom. The molecule has 0 unspecified atom stereocenters. The van der Waals surface area contributed by atoms with E-state index in [0.29, 0.717) is 25.0 Å². The lowest BCUT2D eigenvalue weighted by molar-refractivity contribution is -0.137. The number of nitrogens with zero attached hydrogens (tertiary/aromatic N) is 2. The fourth-order valence-electron chi connectivity index (χ4n) is 4.23. The summed E-state index contributed by atoms with van der Waals surface area (Å²) in [7, 11) is 1.88. The van der Waals surface area contributed by atoms with Gasteiger partial charge in [0.05, 0.1) is 16.6 Å². The Kier molecular flexibility index (Phi) is 6.86. The van der Waals surface area contributed by atoms with Crippen molar-refractivity contribution in [2.75, 3.05) is 27.7 Å². The van der Waals surface area contributed by atoms with Gasteiger partial charge >= 0.3 is 6.18 Å². The highest BCUT2D eigenvalue weighted by atomic mass is 32.2. The van der Waals surface area contributed by atoms with Crippen LogP contribution >= 0.6 is 0 Å². The Morgan fingerprint density at radius 3 is 2.07 bits per heavy atom. The van der Waals surface area contributed by atoms with E-state index >= 15 is 0 Å². The monoisotopic (exact) mass is 448 g/mol. The van der Waals surface area contributed by atoms with Gasteiger partial charge in [-0.3, -0.25) is 0 Å². The molecular formula is C21H31F3N2O3S. The molecule has 5 nitrogen and oxygen atoms in total. The third kappa shape index (κ3) is 5.18. The van der Waals surface area contributed by atoms with E-state index in [0.717, 1.165) is 43.5 Å². The number of alkyl halides is 3. The first kappa shape index (κ1) is 23.5. The van der Waals surface area contributed by atoms with Gasteiger partial charge in [-0.05, 0) is 83.3 Å². The third-order valence-electron chi connectivity index (χ3n) is 6.71. The molecule has 9 heteroatoms. The summed E-state index contributed by atoms with van der Waals surface area (Å²) >= 11 is 0. The maximum absolute atomic E-state index is 12.8. The Morgan fingerprint density at radius 2 is 1.60 bits per heavy atom. The fourth-order valence-corrected chi connectivity index (χ4v) is 5.65. The van der Waals surface area contributed by atoms with Gasteiger partial charge in [0.25, 0.3) is 0 Å². The topological polar surface area (TPSA) is 49.9 Å². The third-order valence-corrected chi connectivity index (χ3v) is 8.64. The van der Waals surface area contributed by atoms with Crippen molar-refractivity contribution in [3.05, 3.63) is 29.8 Å². The molecule has 2 aliphatic carbocycles. The van der Waals surface area contributed by atoms with Crippen molar-refractivity contribution in [2.24, 2.45) is 0 Å². The van der Waals surface area contributed by atoms with Crippen LogP contribution in [0.4, 0.5) is 13.2 Å². The second-order valence-electron chi connectivity index (χ2n) is 8.71. The van der Waals surface area contributed by atoms with Crippen LogP contribution in [-0.2, 0) is 20.9 Å². The number of hydrogen-bond acceptors (Lipinski definition) is 4. The summed E-state index contributed by atoms with van der Waals surface area (Å²) in [6.07, 6.45) is 2.02. The van der Waals surface area contributed by atoms with E-state index in [1.54, 1.807) is 0 Å². The van der Waals surface area contributed by atoms with Crippen molar-refractivity contribution in [3.8, 4) is 0 Å². The molecule has 2 saturated carbocycles. The second kappa shape index (κ2) is 8.76. The molecule has 0 bridgehead atoms. The van der Waals surface area contributed by atoms with Crippen molar-refractivity contribution in [3.63, 3.8) is 0 Å². The first-order valence-electron chi connectivity index (χ1n) is 10.4. The quantitative estimate of drug-likeness (QED) is 0.600. The zero-order valence-electron chi connectivity index (χ0n) is 17.8. The largest absolute Gasteiger partial charge is 0.416 e. The molecule has 0 aromatic heterocycles. The molecule has 0 aliphatic heterocycles. The lowest BCUT2D eigenvalue weighted by atomic mass is 9.93. The molecule has 1 aromatic carbocycles. The molecule has 0 radical (unpaired) electrons. The van der Waals surface area contributed by atoms with Gasteiger partial charge in [0.2, 0.25) is 10.0 Å². The van der Waals surface area contributed by atoms with Crippen molar-refractivity contribution in [1.29, 1.82) is 0 Å². The van der Waals surface area contributed by atoms with E-state index < -0.39 is 21.8 Å². The Hall–Kier alpha value is -1.16. The van der Waals surface area contributed by atoms with Crippen LogP contribution in [0, 0.1) is 0 Å². The van der Waals surface area contributed by atoms with Crippen molar-refractivity contribution in [2.45, 2.75) is 73.7 Å². The van der Waals surface area contributed by atoms with Gasteiger partial charge in [-0.15, -0.1) is 0 Å². The van der Waals surface area contributed by atoms with Crippen molar-refractivity contribution < 1.29 is 26.3 Å². The predicted molar refractivity (Wildman–Crippen MR) is 109 cm³/mol. The Bertz CT molecular complexity index is 813. The smallest absolute Gasteiger partial charge is 0.378 e. The van der Waals surface area contributed by atoms with Gasteiger partial charge in [0.1, 0.15) is 0 Å². The minimum atomic E-state index is -4.49. The van der Waals surface area contributed by atoms with Crippen LogP contribution in [0.1, 0.15) is 50.5 Å². The molecule has 2 fully saturated rings. The van der Waals surface area contributed by atoms with Crippen LogP contribution in [-0.4, -0.2) is 63.1 Å². The number of sulfonamides is 1. The molecule has 2 aliphatic rings. The zero-order chi connectivity index (χ0) is 22.2. The SMILES string of the molecule is CN(C)C1(CCOC2CCC(N(C)S(=O)(=O)c3ccc(C(F)(F)F)cc3)CC2)CC1. The summed E-state index contributed by atoms with van der Waals surface area (Å²) in [5, 5.41) is 0. The summed E-state index contributed by atoms with van der Waals surface area (Å²) in [4.78, 5) is 2.16. The molecule has 3 rings (SSSR count). The average molecular weight is 449 g/mol. The number of ether oxygens (including phenoxy) is 1. The maximum atomic E-state index is 12.8. The van der Waals surface area contributed by atoms with Crippen LogP contribution in [0.25, 0.3) is 0 Å². The minimum absolute atomic E-state index is 0.116. The summed E-state index contributed by atoms with van der Waals surface area (Å²) in [5.41, 5.74) is -0.559. The standard InChI is InChI=1S/C21H31F3N2O3S/c1-25(2)20(12-13-20)14-15-29-18-8-6-17(7-9-18)26(3)30(27,28)19-10-4-16(5-11-19)21(22,23)24/h4-5,10-11,17-18H,6-9,12-15H2,1-3H3. The molecule has 30 heavy (non-hydrogen) atoms. The van der Waals surface area contributed by atoms with Crippen molar-refractivity contribution in [1.82, 2.24) is 9.21 Å². The highest BCUT2D eigenvalue weighted by molar-refractivity contribution is 7.89. The molecule has 0 spiro atoms. The predicted octanol–water partition coefficient (Wildman–Crippen LogP) is 4.14. The fraction of sp³-hybridized carbons (Fsp3) is 0.714. The summed E-state index contributed by atoms with van der Waals surface area (Å²) in [6.45, 7) is 0.715. The average Bonchev–Trinajstić information content (AvgIpc) is 3.49. The highest BCUT2D eigenvalue weighted by Crippen LogP contribution is 2.43. The summed E-state index contributed by atoms with van der Waals surface area (Å²) in [5.74, 6) is 0. The minimum Gasteiger partial charge on any atom is -0.378 e. The Labute approximate surface area is 177 Å². The number of benzene rings is 1. The van der Waals surface area contributed by atoms with E-state index in [1.807, 2.05) is 0 Å². The first-order valence-corrected chi connectivity index (χ1v) is 11.8. The maximum Gasteiger partial charge on any atom is 0.416 e.